The number of carbonyl (C=O) groups excluding carboxylic acids is 1. The molecule has 1 amide bonds. The van der Waals surface area contributed by atoms with Gasteiger partial charge in [0.05, 0.1) is 7.11 Å². The van der Waals surface area contributed by atoms with Crippen molar-refractivity contribution in [3.05, 3.63) is 39.7 Å². The Hall–Kier alpha value is -2.34. The number of nitrogens with one attached hydrogen (secondary N) is 1. The number of rotatable bonds is 6. The molecule has 26 heavy (non-hydrogen) atoms. The first-order valence-electron chi connectivity index (χ1n) is 9.13. The second-order valence-corrected chi connectivity index (χ2v) is 6.96. The number of fused-ring (bicyclic) bond motifs is 1. The summed E-state index contributed by atoms with van der Waals surface area (Å²) >= 11 is 0. The molecular weight excluding hydrogens is 332 g/mol. The highest BCUT2D eigenvalue weighted by atomic mass is 16.5. The Morgan fingerprint density at radius 2 is 2.19 bits per heavy atom. The molecule has 0 aliphatic heterocycles. The molecule has 1 saturated carbocycles. The molecule has 1 aromatic heterocycles. The molecule has 3 rings (SSSR count). The smallest absolute Gasteiger partial charge is 0.339 e. The van der Waals surface area contributed by atoms with Crippen molar-refractivity contribution < 1.29 is 13.9 Å². The van der Waals surface area contributed by atoms with E-state index in [1.54, 1.807) is 13.2 Å². The molecule has 2 aromatic rings. The van der Waals surface area contributed by atoms with E-state index in [0.29, 0.717) is 35.8 Å². The van der Waals surface area contributed by atoms with E-state index in [4.69, 9.17) is 14.9 Å². The van der Waals surface area contributed by atoms with Gasteiger partial charge in [-0.2, -0.15) is 0 Å². The SMILES string of the molecule is COc1ccc2c(C)c(CCC(=O)NC3CCCC3CN)c(=O)oc2c1. The molecule has 1 aromatic carbocycles. The van der Waals surface area contributed by atoms with Gasteiger partial charge in [0.15, 0.2) is 0 Å². The lowest BCUT2D eigenvalue weighted by atomic mass is 10.0. The molecule has 0 radical (unpaired) electrons. The van der Waals surface area contributed by atoms with Crippen LogP contribution in [-0.4, -0.2) is 25.6 Å². The summed E-state index contributed by atoms with van der Waals surface area (Å²) in [6.45, 7) is 2.49. The normalized spacial score (nSPS) is 19.7. The van der Waals surface area contributed by atoms with E-state index < -0.39 is 5.63 Å². The van der Waals surface area contributed by atoms with Crippen LogP contribution in [0.2, 0.25) is 0 Å². The van der Waals surface area contributed by atoms with Crippen LogP contribution >= 0.6 is 0 Å². The molecule has 1 aliphatic carbocycles. The van der Waals surface area contributed by atoms with Crippen molar-refractivity contribution in [3.63, 3.8) is 0 Å². The number of aryl methyl sites for hydroxylation is 1. The third-order valence-electron chi connectivity index (χ3n) is 5.40. The van der Waals surface area contributed by atoms with Gasteiger partial charge in [-0.05, 0) is 56.3 Å². The van der Waals surface area contributed by atoms with E-state index in [-0.39, 0.29) is 18.4 Å². The highest BCUT2D eigenvalue weighted by Gasteiger charge is 2.27. The second-order valence-electron chi connectivity index (χ2n) is 6.96. The number of hydrogen-bond donors (Lipinski definition) is 2. The molecule has 0 saturated heterocycles. The van der Waals surface area contributed by atoms with E-state index in [1.165, 1.54) is 0 Å². The molecule has 2 unspecified atom stereocenters. The van der Waals surface area contributed by atoms with Gasteiger partial charge in [-0.1, -0.05) is 6.42 Å². The van der Waals surface area contributed by atoms with Gasteiger partial charge in [0, 0.05) is 29.5 Å². The number of ether oxygens (including phenoxy) is 1. The Kier molecular flexibility index (Phi) is 5.61. The minimum Gasteiger partial charge on any atom is -0.497 e. The average Bonchev–Trinajstić information content (AvgIpc) is 3.07. The van der Waals surface area contributed by atoms with Crippen molar-refractivity contribution in [2.75, 3.05) is 13.7 Å². The van der Waals surface area contributed by atoms with E-state index in [0.717, 1.165) is 30.2 Å². The molecule has 6 heteroatoms. The Bertz CT molecular complexity index is 859. The Labute approximate surface area is 152 Å². The highest BCUT2D eigenvalue weighted by Crippen LogP contribution is 2.26. The maximum absolute atomic E-state index is 12.4. The van der Waals surface area contributed by atoms with E-state index in [1.807, 2.05) is 19.1 Å². The quantitative estimate of drug-likeness (QED) is 0.773. The molecular formula is C20H26N2O4. The van der Waals surface area contributed by atoms with Gasteiger partial charge in [0.2, 0.25) is 5.91 Å². The van der Waals surface area contributed by atoms with Crippen LogP contribution in [0.1, 0.15) is 36.8 Å². The van der Waals surface area contributed by atoms with Crippen molar-refractivity contribution in [3.8, 4) is 5.75 Å². The van der Waals surface area contributed by atoms with Crippen molar-refractivity contribution in [1.29, 1.82) is 0 Å². The number of nitrogens with two attached hydrogens (primary N) is 1. The monoisotopic (exact) mass is 358 g/mol. The Balaban J connectivity index is 1.72. The summed E-state index contributed by atoms with van der Waals surface area (Å²) in [7, 11) is 1.57. The number of benzene rings is 1. The Morgan fingerprint density at radius 1 is 1.38 bits per heavy atom. The van der Waals surface area contributed by atoms with Crippen LogP contribution in [-0.2, 0) is 11.2 Å². The largest absolute Gasteiger partial charge is 0.497 e. The van der Waals surface area contributed by atoms with Crippen LogP contribution in [0.5, 0.6) is 5.75 Å². The zero-order valence-electron chi connectivity index (χ0n) is 15.3. The molecule has 2 atom stereocenters. The summed E-state index contributed by atoms with van der Waals surface area (Å²) in [6.07, 6.45) is 3.78. The number of amides is 1. The molecule has 1 aliphatic rings. The fourth-order valence-corrected chi connectivity index (χ4v) is 3.82. The average molecular weight is 358 g/mol. The standard InChI is InChI=1S/C20H26N2O4/c1-12-15-7-6-14(25-2)10-18(15)26-20(24)16(12)8-9-19(23)22-17-5-3-4-13(17)11-21/h6-7,10,13,17H,3-5,8-9,11,21H2,1-2H3,(H,22,23). The van der Waals surface area contributed by atoms with Crippen LogP contribution in [0, 0.1) is 12.8 Å². The predicted octanol–water partition coefficient (Wildman–Crippen LogP) is 2.29. The summed E-state index contributed by atoms with van der Waals surface area (Å²) in [5, 5.41) is 3.93. The van der Waals surface area contributed by atoms with Crippen LogP contribution in [0.4, 0.5) is 0 Å². The molecule has 1 heterocycles. The highest BCUT2D eigenvalue weighted by molar-refractivity contribution is 5.82. The first kappa shape index (κ1) is 18.5. The molecule has 3 N–H and O–H groups in total. The molecule has 140 valence electrons. The van der Waals surface area contributed by atoms with Crippen molar-refractivity contribution in [2.45, 2.75) is 45.1 Å². The summed E-state index contributed by atoms with van der Waals surface area (Å²) in [4.78, 5) is 24.7. The second kappa shape index (κ2) is 7.91. The van der Waals surface area contributed by atoms with Gasteiger partial charge < -0.3 is 20.2 Å². The lowest BCUT2D eigenvalue weighted by Gasteiger charge is -2.19. The maximum atomic E-state index is 12.4. The number of methoxy groups -OCH3 is 1. The minimum atomic E-state index is -0.392. The summed E-state index contributed by atoms with van der Waals surface area (Å²) in [6, 6.07) is 5.57. The van der Waals surface area contributed by atoms with Crippen LogP contribution in [0.15, 0.2) is 27.4 Å². The van der Waals surface area contributed by atoms with E-state index >= 15 is 0 Å². The van der Waals surface area contributed by atoms with E-state index in [2.05, 4.69) is 5.32 Å². The van der Waals surface area contributed by atoms with E-state index in [9.17, 15) is 9.59 Å². The lowest BCUT2D eigenvalue weighted by molar-refractivity contribution is -0.122. The molecule has 0 spiro atoms. The summed E-state index contributed by atoms with van der Waals surface area (Å²) in [5.41, 5.74) is 7.28. The molecule has 0 bridgehead atoms. The third kappa shape index (κ3) is 3.75. The zero-order chi connectivity index (χ0) is 18.7. The zero-order valence-corrected chi connectivity index (χ0v) is 15.3. The van der Waals surface area contributed by atoms with Gasteiger partial charge in [0.1, 0.15) is 11.3 Å². The predicted molar refractivity (Wildman–Crippen MR) is 100 cm³/mol. The minimum absolute atomic E-state index is 0.0380. The Morgan fingerprint density at radius 3 is 2.92 bits per heavy atom. The number of hydrogen-bond acceptors (Lipinski definition) is 5. The van der Waals surface area contributed by atoms with Crippen molar-refractivity contribution in [2.24, 2.45) is 11.7 Å². The van der Waals surface area contributed by atoms with Crippen LogP contribution in [0.25, 0.3) is 11.0 Å². The van der Waals surface area contributed by atoms with Crippen LogP contribution in [0.3, 0.4) is 0 Å². The topological polar surface area (TPSA) is 94.6 Å². The van der Waals surface area contributed by atoms with Gasteiger partial charge in [-0.15, -0.1) is 0 Å². The van der Waals surface area contributed by atoms with Crippen LogP contribution < -0.4 is 21.4 Å². The third-order valence-corrected chi connectivity index (χ3v) is 5.40. The number of carbonyl (C=O) groups is 1. The molecule has 6 nitrogen and oxygen atoms in total. The fraction of sp³-hybridized carbons (Fsp3) is 0.500. The fourth-order valence-electron chi connectivity index (χ4n) is 3.82. The summed E-state index contributed by atoms with van der Waals surface area (Å²) in [5.74, 6) is 0.962. The lowest BCUT2D eigenvalue weighted by Crippen LogP contribution is -2.40. The maximum Gasteiger partial charge on any atom is 0.339 e. The van der Waals surface area contributed by atoms with Crippen molar-refractivity contribution >= 4 is 16.9 Å². The van der Waals surface area contributed by atoms with Gasteiger partial charge in [0.25, 0.3) is 0 Å². The summed E-state index contributed by atoms with van der Waals surface area (Å²) < 4.78 is 10.6. The van der Waals surface area contributed by atoms with Gasteiger partial charge >= 0.3 is 5.63 Å². The first-order valence-corrected chi connectivity index (χ1v) is 9.13. The van der Waals surface area contributed by atoms with Gasteiger partial charge in [-0.25, -0.2) is 4.79 Å². The van der Waals surface area contributed by atoms with Gasteiger partial charge in [-0.3, -0.25) is 4.79 Å². The first-order chi connectivity index (χ1) is 12.5. The van der Waals surface area contributed by atoms with Crippen molar-refractivity contribution in [1.82, 2.24) is 5.32 Å². The molecule has 1 fully saturated rings.